The Labute approximate surface area is 114 Å². The van der Waals surface area contributed by atoms with E-state index in [1.807, 2.05) is 33.0 Å². The van der Waals surface area contributed by atoms with Gasteiger partial charge in [-0.1, -0.05) is 0 Å². The second kappa shape index (κ2) is 4.63. The number of carbonyl (C=O) groups excluding carboxylic acids is 1. The molecule has 0 aromatic carbocycles. The fourth-order valence-electron chi connectivity index (χ4n) is 2.73. The highest BCUT2D eigenvalue weighted by atomic mass is 16.5. The van der Waals surface area contributed by atoms with Crippen molar-refractivity contribution in [1.82, 2.24) is 15.1 Å². The van der Waals surface area contributed by atoms with E-state index in [4.69, 9.17) is 4.74 Å². The molecule has 1 N–H and O–H groups in total. The topological polar surface area (TPSA) is 56.2 Å². The van der Waals surface area contributed by atoms with Crippen molar-refractivity contribution >= 4 is 5.91 Å². The lowest BCUT2D eigenvalue weighted by Gasteiger charge is -2.27. The molecule has 0 unspecified atom stereocenters. The highest BCUT2D eigenvalue weighted by Gasteiger charge is 2.46. The van der Waals surface area contributed by atoms with Gasteiger partial charge in [0, 0.05) is 6.20 Å². The van der Waals surface area contributed by atoms with Crippen LogP contribution in [0.3, 0.4) is 0 Å². The fourth-order valence-corrected chi connectivity index (χ4v) is 2.73. The van der Waals surface area contributed by atoms with Crippen molar-refractivity contribution in [1.29, 1.82) is 0 Å². The molecule has 0 saturated carbocycles. The lowest BCUT2D eigenvalue weighted by atomic mass is 9.94. The van der Waals surface area contributed by atoms with E-state index in [-0.39, 0.29) is 29.7 Å². The third kappa shape index (κ3) is 3.35. The van der Waals surface area contributed by atoms with Gasteiger partial charge in [-0.3, -0.25) is 9.48 Å². The molecule has 0 spiro atoms. The van der Waals surface area contributed by atoms with Gasteiger partial charge in [-0.25, -0.2) is 0 Å². The zero-order valence-corrected chi connectivity index (χ0v) is 12.4. The number of aryl methyl sites for hydroxylation is 1. The van der Waals surface area contributed by atoms with E-state index in [0.717, 1.165) is 12.1 Å². The molecule has 5 heteroatoms. The number of carbonyl (C=O) groups is 1. The van der Waals surface area contributed by atoms with E-state index in [1.165, 1.54) is 0 Å². The van der Waals surface area contributed by atoms with Gasteiger partial charge in [-0.2, -0.15) is 5.10 Å². The van der Waals surface area contributed by atoms with Crippen LogP contribution >= 0.6 is 0 Å². The molecule has 1 fully saturated rings. The molecule has 5 nitrogen and oxygen atoms in total. The van der Waals surface area contributed by atoms with Crippen LogP contribution in [0.15, 0.2) is 12.3 Å². The van der Waals surface area contributed by atoms with E-state index < -0.39 is 0 Å². The van der Waals surface area contributed by atoms with Gasteiger partial charge in [0.2, 0.25) is 5.91 Å². The van der Waals surface area contributed by atoms with Crippen molar-refractivity contribution < 1.29 is 9.53 Å². The van der Waals surface area contributed by atoms with Crippen molar-refractivity contribution in [2.75, 3.05) is 0 Å². The number of hydrogen-bond donors (Lipinski definition) is 1. The first-order valence-corrected chi connectivity index (χ1v) is 6.68. The number of nitrogens with one attached hydrogen (secondary N) is 1. The molecule has 0 aliphatic carbocycles. The summed E-state index contributed by atoms with van der Waals surface area (Å²) in [6.45, 7) is 10.3. The first-order chi connectivity index (χ1) is 8.68. The van der Waals surface area contributed by atoms with Crippen LogP contribution in [-0.2, 0) is 16.1 Å². The van der Waals surface area contributed by atoms with Gasteiger partial charge >= 0.3 is 0 Å². The largest absolute Gasteiger partial charge is 0.367 e. The molecular formula is C14H23N3O2. The second-order valence-corrected chi connectivity index (χ2v) is 6.44. The van der Waals surface area contributed by atoms with Crippen molar-refractivity contribution in [3.05, 3.63) is 18.0 Å². The van der Waals surface area contributed by atoms with Crippen LogP contribution in [0.5, 0.6) is 0 Å². The van der Waals surface area contributed by atoms with Gasteiger partial charge in [-0.05, 0) is 47.1 Å². The Balaban J connectivity index is 1.96. The molecule has 1 aliphatic rings. The number of nitrogens with zero attached hydrogens (tertiary/aromatic N) is 2. The van der Waals surface area contributed by atoms with Gasteiger partial charge in [0.15, 0.2) is 0 Å². The average molecular weight is 265 g/mol. The minimum Gasteiger partial charge on any atom is -0.367 e. The number of amides is 1. The van der Waals surface area contributed by atoms with E-state index in [9.17, 15) is 4.79 Å². The third-order valence-electron chi connectivity index (χ3n) is 3.49. The zero-order chi connectivity index (χ0) is 14.3. The number of ether oxygens (including phenoxy) is 1. The monoisotopic (exact) mass is 265 g/mol. The minimum absolute atomic E-state index is 0.0255. The molecule has 1 aromatic rings. The smallest absolute Gasteiger partial charge is 0.242 e. The predicted octanol–water partition coefficient (Wildman–Crippen LogP) is 1.65. The van der Waals surface area contributed by atoms with Gasteiger partial charge < -0.3 is 10.1 Å². The molecule has 0 radical (unpaired) electrons. The van der Waals surface area contributed by atoms with E-state index >= 15 is 0 Å². The summed E-state index contributed by atoms with van der Waals surface area (Å²) in [5, 5.41) is 7.27. The predicted molar refractivity (Wildman–Crippen MR) is 72.8 cm³/mol. The fraction of sp³-hybridized carbons (Fsp3) is 0.714. The SMILES string of the molecule is Cc1ccn(CC(=O)N[C@@H]2CC(C)(C)OC2(C)C)n1. The number of rotatable bonds is 3. The maximum Gasteiger partial charge on any atom is 0.242 e. The van der Waals surface area contributed by atoms with Crippen LogP contribution in [0, 0.1) is 6.92 Å². The molecule has 2 rings (SSSR count). The summed E-state index contributed by atoms with van der Waals surface area (Å²) >= 11 is 0. The Kier molecular flexibility index (Phi) is 3.43. The normalized spacial score (nSPS) is 24.4. The maximum atomic E-state index is 12.0. The van der Waals surface area contributed by atoms with Crippen LogP contribution in [0.4, 0.5) is 0 Å². The van der Waals surface area contributed by atoms with Gasteiger partial charge in [0.05, 0.1) is 22.9 Å². The Bertz CT molecular complexity index is 477. The van der Waals surface area contributed by atoms with Crippen molar-refractivity contribution in [3.8, 4) is 0 Å². The summed E-state index contributed by atoms with van der Waals surface area (Å²) in [5.41, 5.74) is 0.390. The van der Waals surface area contributed by atoms with Crippen LogP contribution in [0.2, 0.25) is 0 Å². The Morgan fingerprint density at radius 1 is 1.53 bits per heavy atom. The van der Waals surface area contributed by atoms with Crippen LogP contribution in [0.1, 0.15) is 39.8 Å². The molecular weight excluding hydrogens is 242 g/mol. The van der Waals surface area contributed by atoms with Crippen molar-refractivity contribution in [3.63, 3.8) is 0 Å². The summed E-state index contributed by atoms with van der Waals surface area (Å²) < 4.78 is 7.62. The molecule has 1 aliphatic heterocycles. The zero-order valence-electron chi connectivity index (χ0n) is 12.4. The summed E-state index contributed by atoms with van der Waals surface area (Å²) in [5.74, 6) is -0.0255. The van der Waals surface area contributed by atoms with E-state index in [2.05, 4.69) is 24.3 Å². The second-order valence-electron chi connectivity index (χ2n) is 6.44. The summed E-state index contributed by atoms with van der Waals surface area (Å²) in [7, 11) is 0. The standard InChI is InChI=1S/C14H23N3O2/c1-10-6-7-17(16-10)9-12(18)15-11-8-13(2,3)19-14(11,4)5/h6-7,11H,8-9H2,1-5H3,(H,15,18)/t11-/m1/s1. The van der Waals surface area contributed by atoms with Gasteiger partial charge in [-0.15, -0.1) is 0 Å². The Morgan fingerprint density at radius 2 is 2.21 bits per heavy atom. The van der Waals surface area contributed by atoms with Crippen molar-refractivity contribution in [2.24, 2.45) is 0 Å². The summed E-state index contributed by atoms with van der Waals surface area (Å²) in [6.07, 6.45) is 2.64. The lowest BCUT2D eigenvalue weighted by molar-refractivity contribution is -0.124. The molecule has 1 aromatic heterocycles. The van der Waals surface area contributed by atoms with Gasteiger partial charge in [0.25, 0.3) is 0 Å². The minimum atomic E-state index is -0.334. The molecule has 2 heterocycles. The summed E-state index contributed by atoms with van der Waals surface area (Å²) in [4.78, 5) is 12.0. The highest BCUT2D eigenvalue weighted by molar-refractivity contribution is 5.76. The third-order valence-corrected chi connectivity index (χ3v) is 3.49. The molecule has 19 heavy (non-hydrogen) atoms. The number of aromatic nitrogens is 2. The molecule has 1 amide bonds. The molecule has 0 bridgehead atoms. The van der Waals surface area contributed by atoms with E-state index in [0.29, 0.717) is 0 Å². The first kappa shape index (κ1) is 14.1. The summed E-state index contributed by atoms with van der Waals surface area (Å²) in [6, 6.07) is 1.92. The van der Waals surface area contributed by atoms with Crippen LogP contribution in [0.25, 0.3) is 0 Å². The quantitative estimate of drug-likeness (QED) is 0.904. The average Bonchev–Trinajstić information content (AvgIpc) is 2.68. The number of hydrogen-bond acceptors (Lipinski definition) is 3. The van der Waals surface area contributed by atoms with Gasteiger partial charge in [0.1, 0.15) is 6.54 Å². The molecule has 1 atom stereocenters. The maximum absolute atomic E-state index is 12.0. The van der Waals surface area contributed by atoms with E-state index in [1.54, 1.807) is 4.68 Å². The Hall–Kier alpha value is -1.36. The molecule has 1 saturated heterocycles. The highest BCUT2D eigenvalue weighted by Crippen LogP contribution is 2.37. The van der Waals surface area contributed by atoms with Crippen LogP contribution in [-0.4, -0.2) is 32.9 Å². The first-order valence-electron chi connectivity index (χ1n) is 6.68. The van der Waals surface area contributed by atoms with Crippen molar-refractivity contribution in [2.45, 2.75) is 64.8 Å². The Morgan fingerprint density at radius 3 is 2.68 bits per heavy atom. The molecule has 106 valence electrons. The lowest BCUT2D eigenvalue weighted by Crippen LogP contribution is -2.47. The van der Waals surface area contributed by atoms with Crippen LogP contribution < -0.4 is 5.32 Å².